The Labute approximate surface area is 122 Å². The van der Waals surface area contributed by atoms with Crippen LogP contribution in [-0.2, 0) is 0 Å². The molecule has 8 nitrogen and oxygen atoms in total. The second-order valence-electron chi connectivity index (χ2n) is 4.37. The Morgan fingerprint density at radius 3 is 3.10 bits per heavy atom. The lowest BCUT2D eigenvalue weighted by atomic mass is 10.2. The number of halogens is 1. The molecule has 0 radical (unpaired) electrons. The number of carbonyl (C=O) groups is 1. The van der Waals surface area contributed by atoms with E-state index in [1.807, 2.05) is 4.90 Å². The lowest BCUT2D eigenvalue weighted by Crippen LogP contribution is -2.24. The molecule has 20 heavy (non-hydrogen) atoms. The Morgan fingerprint density at radius 2 is 2.40 bits per heavy atom. The van der Waals surface area contributed by atoms with E-state index in [0.29, 0.717) is 5.89 Å². The molecular weight excluding hydrogens is 328 g/mol. The highest BCUT2D eigenvalue weighted by Gasteiger charge is 2.33. The molecule has 1 fully saturated rings. The van der Waals surface area contributed by atoms with Crippen molar-refractivity contribution in [2.24, 2.45) is 5.73 Å². The van der Waals surface area contributed by atoms with Gasteiger partial charge in [0.25, 0.3) is 11.7 Å². The summed E-state index contributed by atoms with van der Waals surface area (Å²) < 4.78 is 5.93. The maximum Gasteiger partial charge on any atom is 0.290 e. The predicted molar refractivity (Wildman–Crippen MR) is 71.9 cm³/mol. The highest BCUT2D eigenvalue weighted by Crippen LogP contribution is 2.37. The van der Waals surface area contributed by atoms with Gasteiger partial charge in [0.05, 0.1) is 4.47 Å². The van der Waals surface area contributed by atoms with E-state index in [1.54, 1.807) is 6.20 Å². The average Bonchev–Trinajstić information content (AvgIpc) is 3.07. The molecule has 3 rings (SSSR count). The van der Waals surface area contributed by atoms with Crippen molar-refractivity contribution in [3.05, 3.63) is 28.7 Å². The van der Waals surface area contributed by atoms with Gasteiger partial charge >= 0.3 is 0 Å². The van der Waals surface area contributed by atoms with Gasteiger partial charge in [0, 0.05) is 12.7 Å². The third-order valence-corrected chi connectivity index (χ3v) is 3.68. The molecular formula is C11H11BrN6O2. The van der Waals surface area contributed by atoms with Crippen LogP contribution < -0.4 is 10.6 Å². The molecule has 0 unspecified atom stereocenters. The molecule has 1 amide bonds. The fourth-order valence-electron chi connectivity index (χ4n) is 2.27. The van der Waals surface area contributed by atoms with Gasteiger partial charge in [-0.05, 0) is 28.8 Å². The minimum absolute atomic E-state index is 0.103. The zero-order valence-corrected chi connectivity index (χ0v) is 11.9. The van der Waals surface area contributed by atoms with Crippen molar-refractivity contribution >= 4 is 27.7 Å². The third kappa shape index (κ3) is 2.24. The van der Waals surface area contributed by atoms with Gasteiger partial charge < -0.3 is 15.2 Å². The number of anilines is 1. The molecule has 2 N–H and O–H groups in total. The van der Waals surface area contributed by atoms with Crippen LogP contribution in [0.4, 0.5) is 5.82 Å². The van der Waals surface area contributed by atoms with E-state index in [1.165, 1.54) is 6.33 Å². The van der Waals surface area contributed by atoms with Crippen molar-refractivity contribution in [2.75, 3.05) is 11.4 Å². The first-order valence-corrected chi connectivity index (χ1v) is 6.81. The van der Waals surface area contributed by atoms with Gasteiger partial charge in [-0.3, -0.25) is 4.79 Å². The minimum atomic E-state index is -0.701. The number of primary amides is 1. The second-order valence-corrected chi connectivity index (χ2v) is 5.22. The number of carbonyl (C=O) groups excluding carboxylic acids is 1. The van der Waals surface area contributed by atoms with Crippen molar-refractivity contribution in [3.8, 4) is 0 Å². The number of amides is 1. The highest BCUT2D eigenvalue weighted by atomic mass is 79.9. The van der Waals surface area contributed by atoms with Gasteiger partial charge in [-0.2, -0.15) is 4.98 Å². The quantitative estimate of drug-likeness (QED) is 0.890. The summed E-state index contributed by atoms with van der Waals surface area (Å²) in [6.45, 7) is 0.814. The summed E-state index contributed by atoms with van der Waals surface area (Å²) in [6, 6.07) is -0.109. The lowest BCUT2D eigenvalue weighted by Gasteiger charge is -2.23. The number of aromatic nitrogens is 4. The van der Waals surface area contributed by atoms with Gasteiger partial charge in [-0.1, -0.05) is 5.16 Å². The Morgan fingerprint density at radius 1 is 1.55 bits per heavy atom. The maximum atomic E-state index is 11.0. The van der Waals surface area contributed by atoms with Crippen LogP contribution in [0.5, 0.6) is 0 Å². The minimum Gasteiger partial charge on any atom is -0.363 e. The Balaban J connectivity index is 1.92. The molecule has 1 aliphatic rings. The van der Waals surface area contributed by atoms with Crippen LogP contribution in [0, 0.1) is 0 Å². The molecule has 9 heteroatoms. The Hall–Kier alpha value is -2.03. The van der Waals surface area contributed by atoms with Crippen LogP contribution in [0.25, 0.3) is 0 Å². The summed E-state index contributed by atoms with van der Waals surface area (Å²) >= 11 is 3.43. The third-order valence-electron chi connectivity index (χ3n) is 3.12. The summed E-state index contributed by atoms with van der Waals surface area (Å²) in [5, 5.41) is 3.58. The topological polar surface area (TPSA) is 111 Å². The normalized spacial score (nSPS) is 18.4. The molecule has 0 saturated carbocycles. The van der Waals surface area contributed by atoms with E-state index in [-0.39, 0.29) is 11.9 Å². The molecule has 3 heterocycles. The van der Waals surface area contributed by atoms with Crippen LogP contribution in [-0.4, -0.2) is 32.6 Å². The number of hydrogen-bond donors (Lipinski definition) is 1. The number of hydrogen-bond acceptors (Lipinski definition) is 7. The van der Waals surface area contributed by atoms with E-state index in [0.717, 1.165) is 29.7 Å². The Bertz CT molecular complexity index is 645. The summed E-state index contributed by atoms with van der Waals surface area (Å²) in [7, 11) is 0. The van der Waals surface area contributed by atoms with E-state index >= 15 is 0 Å². The molecule has 0 aliphatic carbocycles. The molecule has 0 aromatic carbocycles. The van der Waals surface area contributed by atoms with Crippen molar-refractivity contribution in [3.63, 3.8) is 0 Å². The molecule has 1 saturated heterocycles. The van der Waals surface area contributed by atoms with Gasteiger partial charge in [0.2, 0.25) is 5.89 Å². The average molecular weight is 339 g/mol. The molecule has 1 atom stereocenters. The summed E-state index contributed by atoms with van der Waals surface area (Å²) in [4.78, 5) is 25.3. The zero-order chi connectivity index (χ0) is 14.1. The number of nitrogens with two attached hydrogens (primary N) is 1. The summed E-state index contributed by atoms with van der Waals surface area (Å²) in [6.07, 6.45) is 4.98. The smallest absolute Gasteiger partial charge is 0.290 e. The van der Waals surface area contributed by atoms with E-state index in [4.69, 9.17) is 10.3 Å². The first-order chi connectivity index (χ1) is 9.66. The second kappa shape index (κ2) is 5.16. The first-order valence-electron chi connectivity index (χ1n) is 6.02. The van der Waals surface area contributed by atoms with Crippen molar-refractivity contribution in [2.45, 2.75) is 18.9 Å². The SMILES string of the molecule is NC(=O)c1noc([C@@H]2CCCN2c2ncncc2Br)n1. The zero-order valence-electron chi connectivity index (χ0n) is 10.4. The van der Waals surface area contributed by atoms with Crippen molar-refractivity contribution in [1.82, 2.24) is 20.1 Å². The summed E-state index contributed by atoms with van der Waals surface area (Å²) in [5.41, 5.74) is 5.13. The van der Waals surface area contributed by atoms with Crippen LogP contribution in [0.1, 0.15) is 35.4 Å². The van der Waals surface area contributed by atoms with Gasteiger partial charge in [0.15, 0.2) is 0 Å². The number of nitrogens with zero attached hydrogens (tertiary/aromatic N) is 5. The maximum absolute atomic E-state index is 11.0. The molecule has 2 aromatic rings. The van der Waals surface area contributed by atoms with Crippen molar-refractivity contribution < 1.29 is 9.32 Å². The van der Waals surface area contributed by atoms with E-state index in [9.17, 15) is 4.79 Å². The summed E-state index contributed by atoms with van der Waals surface area (Å²) in [5.74, 6) is 0.338. The predicted octanol–water partition coefficient (Wildman–Crippen LogP) is 1.06. The Kier molecular flexibility index (Phi) is 3.35. The van der Waals surface area contributed by atoms with Crippen LogP contribution in [0.15, 0.2) is 21.5 Å². The van der Waals surface area contributed by atoms with Gasteiger partial charge in [-0.15, -0.1) is 0 Å². The van der Waals surface area contributed by atoms with E-state index in [2.05, 4.69) is 36.0 Å². The standard InChI is InChI=1S/C11H11BrN6O2/c12-6-4-14-5-15-10(6)18-3-1-2-7(18)11-16-9(8(13)19)17-20-11/h4-5,7H,1-3H2,(H2,13,19)/t7-/m0/s1. The molecule has 2 aromatic heterocycles. The molecule has 104 valence electrons. The first kappa shape index (κ1) is 13.0. The number of rotatable bonds is 3. The van der Waals surface area contributed by atoms with Crippen LogP contribution >= 0.6 is 15.9 Å². The van der Waals surface area contributed by atoms with Crippen molar-refractivity contribution in [1.29, 1.82) is 0 Å². The van der Waals surface area contributed by atoms with Gasteiger partial charge in [0.1, 0.15) is 18.2 Å². The fraction of sp³-hybridized carbons (Fsp3) is 0.364. The van der Waals surface area contributed by atoms with Crippen LogP contribution in [0.3, 0.4) is 0 Å². The van der Waals surface area contributed by atoms with Crippen LogP contribution in [0.2, 0.25) is 0 Å². The lowest BCUT2D eigenvalue weighted by molar-refractivity contribution is 0.0987. The largest absolute Gasteiger partial charge is 0.363 e. The highest BCUT2D eigenvalue weighted by molar-refractivity contribution is 9.10. The van der Waals surface area contributed by atoms with E-state index < -0.39 is 5.91 Å². The molecule has 0 bridgehead atoms. The van der Waals surface area contributed by atoms with Gasteiger partial charge in [-0.25, -0.2) is 9.97 Å². The fourth-order valence-corrected chi connectivity index (χ4v) is 2.71. The molecule has 1 aliphatic heterocycles. The molecule has 0 spiro atoms. The monoisotopic (exact) mass is 338 g/mol.